The van der Waals surface area contributed by atoms with Crippen molar-refractivity contribution in [2.75, 3.05) is 19.6 Å². The predicted octanol–water partition coefficient (Wildman–Crippen LogP) is 1.72. The Hall–Kier alpha value is -1.59. The van der Waals surface area contributed by atoms with Crippen LogP contribution in [-0.2, 0) is 9.59 Å². The molecule has 0 aromatic heterocycles. The number of benzene rings is 1. The third-order valence-corrected chi connectivity index (χ3v) is 4.75. The maximum absolute atomic E-state index is 12.5. The lowest BCUT2D eigenvalue weighted by Gasteiger charge is -2.37. The number of likely N-dealkylation sites (tertiary alicyclic amines) is 2. The van der Waals surface area contributed by atoms with Gasteiger partial charge in [-0.25, -0.2) is 0 Å². The minimum absolute atomic E-state index is 0. The SMILES string of the molecule is Cl.NC(C(=O)N1CCC(N2CCCC2=O)CC1)c1ccccc1. The second kappa shape index (κ2) is 7.79. The molecule has 2 aliphatic heterocycles. The van der Waals surface area contributed by atoms with Crippen molar-refractivity contribution in [3.63, 3.8) is 0 Å². The summed E-state index contributed by atoms with van der Waals surface area (Å²) in [5.74, 6) is 0.253. The molecule has 0 saturated carbocycles. The number of amides is 2. The van der Waals surface area contributed by atoms with Gasteiger partial charge in [0.15, 0.2) is 0 Å². The first-order valence-electron chi connectivity index (χ1n) is 8.05. The number of nitrogens with zero attached hydrogens (tertiary/aromatic N) is 2. The Morgan fingerprint density at radius 2 is 1.78 bits per heavy atom. The molecule has 2 saturated heterocycles. The van der Waals surface area contributed by atoms with Gasteiger partial charge in [0.2, 0.25) is 11.8 Å². The maximum atomic E-state index is 12.5. The predicted molar refractivity (Wildman–Crippen MR) is 91.2 cm³/mol. The van der Waals surface area contributed by atoms with Crippen LogP contribution in [0.2, 0.25) is 0 Å². The van der Waals surface area contributed by atoms with Gasteiger partial charge in [-0.15, -0.1) is 12.4 Å². The molecule has 23 heavy (non-hydrogen) atoms. The van der Waals surface area contributed by atoms with Crippen LogP contribution >= 0.6 is 12.4 Å². The van der Waals surface area contributed by atoms with Crippen LogP contribution in [0, 0.1) is 0 Å². The van der Waals surface area contributed by atoms with Crippen molar-refractivity contribution in [3.05, 3.63) is 35.9 Å². The summed E-state index contributed by atoms with van der Waals surface area (Å²) in [5.41, 5.74) is 6.94. The van der Waals surface area contributed by atoms with E-state index in [1.807, 2.05) is 40.1 Å². The number of rotatable bonds is 3. The monoisotopic (exact) mass is 337 g/mol. The smallest absolute Gasteiger partial charge is 0.244 e. The number of piperidine rings is 1. The van der Waals surface area contributed by atoms with Crippen molar-refractivity contribution < 1.29 is 9.59 Å². The number of halogens is 1. The molecule has 1 unspecified atom stereocenters. The van der Waals surface area contributed by atoms with Crippen LogP contribution < -0.4 is 5.73 Å². The number of hydrogen-bond donors (Lipinski definition) is 1. The van der Waals surface area contributed by atoms with Crippen LogP contribution in [0.3, 0.4) is 0 Å². The van der Waals surface area contributed by atoms with Gasteiger partial charge in [0.1, 0.15) is 6.04 Å². The zero-order chi connectivity index (χ0) is 15.5. The Labute approximate surface area is 143 Å². The third kappa shape index (κ3) is 3.85. The van der Waals surface area contributed by atoms with Crippen molar-refractivity contribution in [1.29, 1.82) is 0 Å². The maximum Gasteiger partial charge on any atom is 0.244 e. The largest absolute Gasteiger partial charge is 0.341 e. The molecule has 0 radical (unpaired) electrons. The molecule has 2 aliphatic rings. The first-order chi connectivity index (χ1) is 10.7. The summed E-state index contributed by atoms with van der Waals surface area (Å²) in [6.07, 6.45) is 3.37. The van der Waals surface area contributed by atoms with E-state index in [9.17, 15) is 9.59 Å². The molecule has 2 heterocycles. The van der Waals surface area contributed by atoms with E-state index in [4.69, 9.17) is 5.73 Å². The third-order valence-electron chi connectivity index (χ3n) is 4.75. The molecule has 0 bridgehead atoms. The lowest BCUT2D eigenvalue weighted by Crippen LogP contribution is -2.49. The van der Waals surface area contributed by atoms with Gasteiger partial charge in [0, 0.05) is 32.1 Å². The van der Waals surface area contributed by atoms with E-state index in [0.717, 1.165) is 31.4 Å². The normalized spacial score (nSPS) is 20.3. The van der Waals surface area contributed by atoms with Gasteiger partial charge in [-0.3, -0.25) is 9.59 Å². The quantitative estimate of drug-likeness (QED) is 0.913. The molecule has 5 nitrogen and oxygen atoms in total. The molecule has 2 amide bonds. The van der Waals surface area contributed by atoms with E-state index >= 15 is 0 Å². The molecule has 2 fully saturated rings. The first-order valence-corrected chi connectivity index (χ1v) is 8.05. The summed E-state index contributed by atoms with van der Waals surface area (Å²) in [4.78, 5) is 28.2. The minimum atomic E-state index is -0.592. The average Bonchev–Trinajstić information content (AvgIpc) is 3.00. The number of carbonyl (C=O) groups is 2. The Kier molecular flexibility index (Phi) is 6.02. The van der Waals surface area contributed by atoms with E-state index in [-0.39, 0.29) is 24.2 Å². The van der Waals surface area contributed by atoms with Crippen LogP contribution in [0.5, 0.6) is 0 Å². The Bertz CT molecular complexity index is 544. The van der Waals surface area contributed by atoms with Crippen molar-refractivity contribution >= 4 is 24.2 Å². The van der Waals surface area contributed by atoms with E-state index in [0.29, 0.717) is 25.6 Å². The Morgan fingerprint density at radius 3 is 2.35 bits per heavy atom. The van der Waals surface area contributed by atoms with E-state index in [1.165, 1.54) is 0 Å². The van der Waals surface area contributed by atoms with Gasteiger partial charge in [-0.2, -0.15) is 0 Å². The molecule has 1 aromatic carbocycles. The summed E-state index contributed by atoms with van der Waals surface area (Å²) in [6.45, 7) is 2.25. The van der Waals surface area contributed by atoms with Crippen molar-refractivity contribution in [3.8, 4) is 0 Å². The molecule has 1 aromatic rings. The topological polar surface area (TPSA) is 66.6 Å². The lowest BCUT2D eigenvalue weighted by molar-refractivity contribution is -0.135. The summed E-state index contributed by atoms with van der Waals surface area (Å²) in [5, 5.41) is 0. The molecule has 126 valence electrons. The minimum Gasteiger partial charge on any atom is -0.341 e. The van der Waals surface area contributed by atoms with Gasteiger partial charge < -0.3 is 15.5 Å². The van der Waals surface area contributed by atoms with Gasteiger partial charge in [-0.05, 0) is 24.8 Å². The van der Waals surface area contributed by atoms with E-state index in [1.54, 1.807) is 0 Å². The second-order valence-corrected chi connectivity index (χ2v) is 6.14. The molecule has 3 rings (SSSR count). The number of hydrogen-bond acceptors (Lipinski definition) is 3. The van der Waals surface area contributed by atoms with Gasteiger partial charge in [0.05, 0.1) is 0 Å². The highest BCUT2D eigenvalue weighted by Gasteiger charge is 2.33. The van der Waals surface area contributed by atoms with E-state index in [2.05, 4.69) is 0 Å². The fourth-order valence-corrected chi connectivity index (χ4v) is 3.45. The summed E-state index contributed by atoms with van der Waals surface area (Å²) < 4.78 is 0. The average molecular weight is 338 g/mol. The van der Waals surface area contributed by atoms with Crippen molar-refractivity contribution in [2.45, 2.75) is 37.8 Å². The van der Waals surface area contributed by atoms with Gasteiger partial charge in [0.25, 0.3) is 0 Å². The van der Waals surface area contributed by atoms with Crippen LogP contribution in [0.25, 0.3) is 0 Å². The van der Waals surface area contributed by atoms with Crippen LogP contribution in [0.1, 0.15) is 37.3 Å². The highest BCUT2D eigenvalue weighted by molar-refractivity contribution is 5.85. The fraction of sp³-hybridized carbons (Fsp3) is 0.529. The summed E-state index contributed by atoms with van der Waals surface area (Å²) in [6, 6.07) is 9.19. The molecule has 2 N–H and O–H groups in total. The zero-order valence-electron chi connectivity index (χ0n) is 13.2. The summed E-state index contributed by atoms with van der Waals surface area (Å²) in [7, 11) is 0. The zero-order valence-corrected chi connectivity index (χ0v) is 14.0. The second-order valence-electron chi connectivity index (χ2n) is 6.14. The van der Waals surface area contributed by atoms with Crippen molar-refractivity contribution in [2.24, 2.45) is 5.73 Å². The van der Waals surface area contributed by atoms with Gasteiger partial charge in [-0.1, -0.05) is 30.3 Å². The standard InChI is InChI=1S/C17H23N3O2.ClH/c18-16(13-5-2-1-3-6-13)17(22)19-11-8-14(9-12-19)20-10-4-7-15(20)21;/h1-3,5-6,14,16H,4,7-12,18H2;1H. The Balaban J connectivity index is 0.00000192. The van der Waals surface area contributed by atoms with Crippen LogP contribution in [-0.4, -0.2) is 47.3 Å². The molecule has 6 heteroatoms. The van der Waals surface area contributed by atoms with Crippen molar-refractivity contribution in [1.82, 2.24) is 9.80 Å². The molecule has 1 atom stereocenters. The fourth-order valence-electron chi connectivity index (χ4n) is 3.45. The Morgan fingerprint density at radius 1 is 1.13 bits per heavy atom. The van der Waals surface area contributed by atoms with Gasteiger partial charge >= 0.3 is 0 Å². The van der Waals surface area contributed by atoms with Crippen LogP contribution in [0.15, 0.2) is 30.3 Å². The van der Waals surface area contributed by atoms with Crippen LogP contribution in [0.4, 0.5) is 0 Å². The highest BCUT2D eigenvalue weighted by atomic mass is 35.5. The molecule has 0 aliphatic carbocycles. The highest BCUT2D eigenvalue weighted by Crippen LogP contribution is 2.23. The molecular formula is C17H24ClN3O2. The number of carbonyl (C=O) groups excluding carboxylic acids is 2. The first kappa shape index (κ1) is 17.8. The molecular weight excluding hydrogens is 314 g/mol. The number of nitrogens with two attached hydrogens (primary N) is 1. The summed E-state index contributed by atoms with van der Waals surface area (Å²) >= 11 is 0. The lowest BCUT2D eigenvalue weighted by atomic mass is 10.0. The van der Waals surface area contributed by atoms with E-state index < -0.39 is 6.04 Å². The molecule has 0 spiro atoms.